The number of nitrogens with one attached hydrogen (secondary N) is 2. The second-order valence-corrected chi connectivity index (χ2v) is 6.95. The summed E-state index contributed by atoms with van der Waals surface area (Å²) in [4.78, 5) is 0. The number of nitrogens with zero attached hydrogens (tertiary/aromatic N) is 2. The van der Waals surface area contributed by atoms with Crippen LogP contribution in [-0.4, -0.2) is 15.9 Å². The first kappa shape index (κ1) is 18.8. The molecule has 0 saturated heterocycles. The number of rotatable bonds is 5. The lowest BCUT2D eigenvalue weighted by atomic mass is 10.2. The van der Waals surface area contributed by atoms with Crippen molar-refractivity contribution in [3.05, 3.63) is 102 Å². The fourth-order valence-electron chi connectivity index (χ4n) is 3.14. The molecule has 0 amide bonds. The molecule has 3 aromatic carbocycles. The number of hydrogen-bond acceptors (Lipinski definition) is 2. The molecule has 1 aromatic heterocycles. The molecular formula is C23H19FN4S. The van der Waals surface area contributed by atoms with Crippen LogP contribution in [0.5, 0.6) is 0 Å². The van der Waals surface area contributed by atoms with E-state index in [1.54, 1.807) is 18.3 Å². The van der Waals surface area contributed by atoms with Crippen molar-refractivity contribution in [3.8, 4) is 0 Å². The predicted octanol–water partition coefficient (Wildman–Crippen LogP) is 5.15. The van der Waals surface area contributed by atoms with Gasteiger partial charge in [0.1, 0.15) is 5.82 Å². The van der Waals surface area contributed by atoms with Gasteiger partial charge in [-0.2, -0.15) is 5.10 Å². The molecule has 0 bridgehead atoms. The van der Waals surface area contributed by atoms with Gasteiger partial charge in [0.05, 0.1) is 6.21 Å². The van der Waals surface area contributed by atoms with Crippen LogP contribution in [0.3, 0.4) is 0 Å². The number of hydrogen-bond donors (Lipinski definition) is 2. The third kappa shape index (κ3) is 4.67. The Labute approximate surface area is 173 Å². The SMILES string of the molecule is Fc1ccc(Cn2cc(C=NNC(=S)Nc3ccccc3)c3ccccc32)cc1. The van der Waals surface area contributed by atoms with Gasteiger partial charge in [0, 0.05) is 34.9 Å². The van der Waals surface area contributed by atoms with E-state index in [1.807, 2.05) is 48.7 Å². The van der Waals surface area contributed by atoms with Crippen LogP contribution in [0, 0.1) is 5.82 Å². The van der Waals surface area contributed by atoms with Gasteiger partial charge in [-0.05, 0) is 48.1 Å². The van der Waals surface area contributed by atoms with Gasteiger partial charge in [0.25, 0.3) is 0 Å². The van der Waals surface area contributed by atoms with Crippen molar-refractivity contribution in [2.45, 2.75) is 6.54 Å². The van der Waals surface area contributed by atoms with E-state index in [9.17, 15) is 4.39 Å². The molecule has 0 radical (unpaired) electrons. The summed E-state index contributed by atoms with van der Waals surface area (Å²) in [5.41, 5.74) is 6.83. The molecule has 2 N–H and O–H groups in total. The molecular weight excluding hydrogens is 383 g/mol. The van der Waals surface area contributed by atoms with Gasteiger partial charge in [-0.25, -0.2) is 4.39 Å². The fourth-order valence-corrected chi connectivity index (χ4v) is 3.31. The number of thiocarbonyl (C=S) groups is 1. The lowest BCUT2D eigenvalue weighted by Crippen LogP contribution is -2.23. The smallest absolute Gasteiger partial charge is 0.191 e. The summed E-state index contributed by atoms with van der Waals surface area (Å²) in [5, 5.41) is 8.86. The average Bonchev–Trinajstić information content (AvgIpc) is 3.08. The number of hydrazone groups is 1. The zero-order valence-corrected chi connectivity index (χ0v) is 16.4. The minimum atomic E-state index is -0.231. The van der Waals surface area contributed by atoms with Gasteiger partial charge >= 0.3 is 0 Å². The first-order valence-electron chi connectivity index (χ1n) is 9.16. The maximum Gasteiger partial charge on any atom is 0.191 e. The zero-order valence-electron chi connectivity index (χ0n) is 15.5. The Kier molecular flexibility index (Phi) is 5.63. The lowest BCUT2D eigenvalue weighted by Gasteiger charge is -2.05. The van der Waals surface area contributed by atoms with Crippen molar-refractivity contribution in [2.75, 3.05) is 5.32 Å². The Morgan fingerprint density at radius 1 is 0.966 bits per heavy atom. The Bertz CT molecular complexity index is 1150. The van der Waals surface area contributed by atoms with Crippen LogP contribution < -0.4 is 10.7 Å². The molecule has 0 aliphatic heterocycles. The molecule has 0 saturated carbocycles. The van der Waals surface area contributed by atoms with Crippen LogP contribution >= 0.6 is 12.2 Å². The second kappa shape index (κ2) is 8.67. The standard InChI is InChI=1S/C23H19FN4S/c24-19-12-10-17(11-13-19)15-28-16-18(21-8-4-5-9-22(21)28)14-25-27-23(29)26-20-6-2-1-3-7-20/h1-14,16H,15H2,(H2,26,27,29). The normalized spacial score (nSPS) is 11.1. The first-order chi connectivity index (χ1) is 14.2. The quantitative estimate of drug-likeness (QED) is 0.276. The van der Waals surface area contributed by atoms with Crippen molar-refractivity contribution >= 4 is 40.1 Å². The molecule has 6 heteroatoms. The van der Waals surface area contributed by atoms with Gasteiger partial charge in [-0.1, -0.05) is 48.5 Å². The lowest BCUT2D eigenvalue weighted by molar-refractivity contribution is 0.626. The number of anilines is 1. The molecule has 0 atom stereocenters. The number of halogens is 1. The second-order valence-electron chi connectivity index (χ2n) is 6.55. The molecule has 4 nitrogen and oxygen atoms in total. The topological polar surface area (TPSA) is 41.4 Å². The third-order valence-corrected chi connectivity index (χ3v) is 4.68. The van der Waals surface area contributed by atoms with Crippen molar-refractivity contribution in [2.24, 2.45) is 5.10 Å². The fraction of sp³-hybridized carbons (Fsp3) is 0.0435. The highest BCUT2D eigenvalue weighted by atomic mass is 32.1. The molecule has 1 heterocycles. The van der Waals surface area contributed by atoms with Crippen molar-refractivity contribution < 1.29 is 4.39 Å². The van der Waals surface area contributed by atoms with E-state index in [0.29, 0.717) is 11.7 Å². The molecule has 0 unspecified atom stereocenters. The van der Waals surface area contributed by atoms with Crippen LogP contribution in [0.25, 0.3) is 10.9 Å². The van der Waals surface area contributed by atoms with Crippen LogP contribution in [-0.2, 0) is 6.54 Å². The maximum absolute atomic E-state index is 13.2. The van der Waals surface area contributed by atoms with Gasteiger partial charge in [-0.3, -0.25) is 5.43 Å². The average molecular weight is 402 g/mol. The van der Waals surface area contributed by atoms with Crippen LogP contribution in [0.1, 0.15) is 11.1 Å². The summed E-state index contributed by atoms with van der Waals surface area (Å²) in [6.45, 7) is 0.649. The summed E-state index contributed by atoms with van der Waals surface area (Å²) < 4.78 is 15.3. The van der Waals surface area contributed by atoms with E-state index in [2.05, 4.69) is 32.5 Å². The van der Waals surface area contributed by atoms with Gasteiger partial charge in [-0.15, -0.1) is 0 Å². The number of benzene rings is 3. The summed E-state index contributed by atoms with van der Waals surface area (Å²) in [7, 11) is 0. The van der Waals surface area contributed by atoms with Crippen LogP contribution in [0.15, 0.2) is 90.2 Å². The summed E-state index contributed by atoms with van der Waals surface area (Å²) in [6, 6.07) is 24.3. The van der Waals surface area contributed by atoms with E-state index in [-0.39, 0.29) is 5.82 Å². The van der Waals surface area contributed by atoms with Gasteiger partial charge in [0.2, 0.25) is 0 Å². The Morgan fingerprint density at radius 3 is 2.48 bits per heavy atom. The summed E-state index contributed by atoms with van der Waals surface area (Å²) >= 11 is 5.28. The van der Waals surface area contributed by atoms with E-state index in [4.69, 9.17) is 12.2 Å². The van der Waals surface area contributed by atoms with E-state index in [0.717, 1.165) is 27.7 Å². The molecule has 4 rings (SSSR count). The van der Waals surface area contributed by atoms with Crippen molar-refractivity contribution in [1.82, 2.24) is 9.99 Å². The van der Waals surface area contributed by atoms with E-state index in [1.165, 1.54) is 12.1 Å². The zero-order chi connectivity index (χ0) is 20.1. The van der Waals surface area contributed by atoms with Gasteiger partial charge < -0.3 is 9.88 Å². The molecule has 0 aliphatic carbocycles. The van der Waals surface area contributed by atoms with Crippen molar-refractivity contribution in [1.29, 1.82) is 0 Å². The number of fused-ring (bicyclic) bond motifs is 1. The molecule has 144 valence electrons. The van der Waals surface area contributed by atoms with Gasteiger partial charge in [0.15, 0.2) is 5.11 Å². The molecule has 29 heavy (non-hydrogen) atoms. The van der Waals surface area contributed by atoms with Crippen LogP contribution in [0.4, 0.5) is 10.1 Å². The highest BCUT2D eigenvalue weighted by Crippen LogP contribution is 2.21. The maximum atomic E-state index is 13.2. The first-order valence-corrected chi connectivity index (χ1v) is 9.57. The largest absolute Gasteiger partial charge is 0.342 e. The molecule has 0 aliphatic rings. The van der Waals surface area contributed by atoms with Crippen LogP contribution in [0.2, 0.25) is 0 Å². The predicted molar refractivity (Wildman–Crippen MR) is 121 cm³/mol. The Balaban J connectivity index is 1.50. The van der Waals surface area contributed by atoms with E-state index < -0.39 is 0 Å². The molecule has 4 aromatic rings. The molecule has 0 spiro atoms. The number of para-hydroxylation sites is 2. The minimum Gasteiger partial charge on any atom is -0.342 e. The summed E-state index contributed by atoms with van der Waals surface area (Å²) in [6.07, 6.45) is 3.79. The van der Waals surface area contributed by atoms with Crippen molar-refractivity contribution in [3.63, 3.8) is 0 Å². The molecule has 0 fully saturated rings. The third-order valence-electron chi connectivity index (χ3n) is 4.49. The Hall–Kier alpha value is -3.51. The van der Waals surface area contributed by atoms with E-state index >= 15 is 0 Å². The summed E-state index contributed by atoms with van der Waals surface area (Å²) in [5.74, 6) is -0.231. The Morgan fingerprint density at radius 2 is 1.69 bits per heavy atom. The highest BCUT2D eigenvalue weighted by molar-refractivity contribution is 7.80. The number of aromatic nitrogens is 1. The minimum absolute atomic E-state index is 0.231. The highest BCUT2D eigenvalue weighted by Gasteiger charge is 2.07. The monoisotopic (exact) mass is 402 g/mol.